The highest BCUT2D eigenvalue weighted by atomic mass is 16.5. The predicted octanol–water partition coefficient (Wildman–Crippen LogP) is 3.56. The molecule has 0 amide bonds. The third kappa shape index (κ3) is 4.98. The molecule has 0 saturated heterocycles. The summed E-state index contributed by atoms with van der Waals surface area (Å²) in [6.45, 7) is 2.79. The Balaban J connectivity index is 1.93. The monoisotopic (exact) mass is 280 g/mol. The molecule has 0 unspecified atom stereocenters. The van der Waals surface area contributed by atoms with Gasteiger partial charge in [0, 0.05) is 12.0 Å². The van der Waals surface area contributed by atoms with Crippen LogP contribution < -0.4 is 4.74 Å². The molecule has 21 heavy (non-hydrogen) atoms. The van der Waals surface area contributed by atoms with Crippen molar-refractivity contribution in [3.05, 3.63) is 65.2 Å². The molecular formula is C19H20O2. The Kier molecular flexibility index (Phi) is 5.87. The van der Waals surface area contributed by atoms with Gasteiger partial charge in [0.05, 0.1) is 6.61 Å². The Labute approximate surface area is 126 Å². The van der Waals surface area contributed by atoms with E-state index in [-0.39, 0.29) is 6.61 Å². The molecule has 0 fully saturated rings. The van der Waals surface area contributed by atoms with Crippen LogP contribution in [0.1, 0.15) is 30.0 Å². The first-order valence-electron chi connectivity index (χ1n) is 7.22. The van der Waals surface area contributed by atoms with Crippen molar-refractivity contribution in [1.29, 1.82) is 0 Å². The van der Waals surface area contributed by atoms with Crippen LogP contribution in [0.4, 0.5) is 0 Å². The maximum Gasteiger partial charge on any atom is 0.120 e. The third-order valence-corrected chi connectivity index (χ3v) is 3.14. The van der Waals surface area contributed by atoms with Crippen molar-refractivity contribution in [1.82, 2.24) is 0 Å². The van der Waals surface area contributed by atoms with Gasteiger partial charge in [0.2, 0.25) is 0 Å². The van der Waals surface area contributed by atoms with Crippen molar-refractivity contribution in [2.75, 3.05) is 6.61 Å². The molecule has 0 bridgehead atoms. The molecule has 108 valence electrons. The SMILES string of the molecule is CCc1cccc(OCc2ccc(C#CCCO)cc2)c1. The minimum absolute atomic E-state index is 0.107. The number of rotatable bonds is 5. The second kappa shape index (κ2) is 8.14. The molecule has 0 aliphatic rings. The van der Waals surface area contributed by atoms with Gasteiger partial charge in [-0.25, -0.2) is 0 Å². The lowest BCUT2D eigenvalue weighted by Gasteiger charge is -2.07. The van der Waals surface area contributed by atoms with Crippen LogP contribution in [-0.4, -0.2) is 11.7 Å². The Morgan fingerprint density at radius 2 is 1.86 bits per heavy atom. The molecule has 0 radical (unpaired) electrons. The van der Waals surface area contributed by atoms with E-state index < -0.39 is 0 Å². The summed E-state index contributed by atoms with van der Waals surface area (Å²) >= 11 is 0. The molecule has 0 aliphatic heterocycles. The van der Waals surface area contributed by atoms with E-state index >= 15 is 0 Å². The van der Waals surface area contributed by atoms with Crippen LogP contribution in [0, 0.1) is 11.8 Å². The summed E-state index contributed by atoms with van der Waals surface area (Å²) in [6.07, 6.45) is 1.52. The summed E-state index contributed by atoms with van der Waals surface area (Å²) < 4.78 is 5.80. The summed E-state index contributed by atoms with van der Waals surface area (Å²) in [5.74, 6) is 6.82. The van der Waals surface area contributed by atoms with Gasteiger partial charge in [0.15, 0.2) is 0 Å². The van der Waals surface area contributed by atoms with Crippen molar-refractivity contribution in [2.24, 2.45) is 0 Å². The van der Waals surface area contributed by atoms with E-state index in [1.807, 2.05) is 36.4 Å². The second-order valence-corrected chi connectivity index (χ2v) is 4.76. The van der Waals surface area contributed by atoms with Crippen molar-refractivity contribution >= 4 is 0 Å². The van der Waals surface area contributed by atoms with E-state index in [1.54, 1.807) is 0 Å². The highest BCUT2D eigenvalue weighted by Gasteiger charge is 1.97. The van der Waals surface area contributed by atoms with Gasteiger partial charge in [-0.2, -0.15) is 0 Å². The lowest BCUT2D eigenvalue weighted by Crippen LogP contribution is -1.96. The standard InChI is InChI=1S/C19H20O2/c1-2-16-7-5-8-19(14-16)21-15-18-11-9-17(10-12-18)6-3-4-13-20/h5,7-12,14,20H,2,4,13,15H2,1H3. The summed E-state index contributed by atoms with van der Waals surface area (Å²) in [7, 11) is 0. The molecule has 0 saturated carbocycles. The number of hydrogen-bond acceptors (Lipinski definition) is 2. The van der Waals surface area contributed by atoms with Crippen LogP contribution in [0.5, 0.6) is 5.75 Å². The molecule has 2 aromatic carbocycles. The maximum atomic E-state index is 8.68. The van der Waals surface area contributed by atoms with Gasteiger partial charge in [-0.1, -0.05) is 43.0 Å². The van der Waals surface area contributed by atoms with Gasteiger partial charge in [-0.05, 0) is 41.8 Å². The van der Waals surface area contributed by atoms with Gasteiger partial charge in [-0.3, -0.25) is 0 Å². The molecule has 0 aliphatic carbocycles. The van der Waals surface area contributed by atoms with E-state index in [0.717, 1.165) is 23.3 Å². The van der Waals surface area contributed by atoms with Gasteiger partial charge in [0.25, 0.3) is 0 Å². The first-order valence-corrected chi connectivity index (χ1v) is 7.22. The van der Waals surface area contributed by atoms with Crippen LogP contribution in [0.25, 0.3) is 0 Å². The lowest BCUT2D eigenvalue weighted by atomic mass is 10.1. The summed E-state index contributed by atoms with van der Waals surface area (Å²) in [5.41, 5.74) is 3.35. The third-order valence-electron chi connectivity index (χ3n) is 3.14. The van der Waals surface area contributed by atoms with Crippen molar-refractivity contribution in [3.8, 4) is 17.6 Å². The average Bonchev–Trinajstić information content (AvgIpc) is 2.54. The number of benzene rings is 2. The van der Waals surface area contributed by atoms with Crippen molar-refractivity contribution < 1.29 is 9.84 Å². The molecular weight excluding hydrogens is 260 g/mol. The Morgan fingerprint density at radius 1 is 1.05 bits per heavy atom. The van der Waals surface area contributed by atoms with Crippen molar-refractivity contribution in [3.63, 3.8) is 0 Å². The molecule has 0 heterocycles. The Morgan fingerprint density at radius 3 is 2.57 bits per heavy atom. The fourth-order valence-electron chi connectivity index (χ4n) is 1.93. The average molecular weight is 280 g/mol. The predicted molar refractivity (Wildman–Crippen MR) is 85.2 cm³/mol. The first-order chi connectivity index (χ1) is 10.3. The molecule has 2 heteroatoms. The molecule has 2 rings (SSSR count). The first kappa shape index (κ1) is 15.2. The normalized spacial score (nSPS) is 9.81. The van der Waals surface area contributed by atoms with Gasteiger partial charge < -0.3 is 9.84 Å². The number of aryl methyl sites for hydroxylation is 1. The summed E-state index contributed by atoms with van der Waals surface area (Å²) in [5, 5.41) is 8.68. The number of aliphatic hydroxyl groups is 1. The minimum Gasteiger partial charge on any atom is -0.489 e. The van der Waals surface area contributed by atoms with Crippen LogP contribution in [0.3, 0.4) is 0 Å². The van der Waals surface area contributed by atoms with Gasteiger partial charge in [-0.15, -0.1) is 0 Å². The summed E-state index contributed by atoms with van der Waals surface area (Å²) in [4.78, 5) is 0. The Hall–Kier alpha value is -2.24. The van der Waals surface area contributed by atoms with E-state index in [1.165, 1.54) is 5.56 Å². The van der Waals surface area contributed by atoms with Crippen LogP contribution >= 0.6 is 0 Å². The zero-order chi connectivity index (χ0) is 14.9. The van der Waals surface area contributed by atoms with E-state index in [4.69, 9.17) is 9.84 Å². The maximum absolute atomic E-state index is 8.68. The smallest absolute Gasteiger partial charge is 0.120 e. The fourth-order valence-corrected chi connectivity index (χ4v) is 1.93. The molecule has 1 N–H and O–H groups in total. The van der Waals surface area contributed by atoms with Crippen LogP contribution in [0.15, 0.2) is 48.5 Å². The zero-order valence-electron chi connectivity index (χ0n) is 12.3. The molecule has 0 atom stereocenters. The molecule has 0 aromatic heterocycles. The number of hydrogen-bond donors (Lipinski definition) is 1. The van der Waals surface area contributed by atoms with E-state index in [2.05, 4.69) is 30.9 Å². The molecule has 0 spiro atoms. The largest absolute Gasteiger partial charge is 0.489 e. The van der Waals surface area contributed by atoms with E-state index in [0.29, 0.717) is 13.0 Å². The van der Waals surface area contributed by atoms with Crippen LogP contribution in [0.2, 0.25) is 0 Å². The number of aliphatic hydroxyl groups excluding tert-OH is 1. The van der Waals surface area contributed by atoms with Gasteiger partial charge in [0.1, 0.15) is 12.4 Å². The fraction of sp³-hybridized carbons (Fsp3) is 0.263. The Bertz CT molecular complexity index is 618. The zero-order valence-corrected chi connectivity index (χ0v) is 12.3. The quantitative estimate of drug-likeness (QED) is 0.849. The number of ether oxygens (including phenoxy) is 1. The molecule has 2 aromatic rings. The second-order valence-electron chi connectivity index (χ2n) is 4.76. The van der Waals surface area contributed by atoms with Crippen molar-refractivity contribution in [2.45, 2.75) is 26.4 Å². The highest BCUT2D eigenvalue weighted by molar-refractivity contribution is 5.36. The van der Waals surface area contributed by atoms with Crippen LogP contribution in [-0.2, 0) is 13.0 Å². The van der Waals surface area contributed by atoms with E-state index in [9.17, 15) is 0 Å². The summed E-state index contributed by atoms with van der Waals surface area (Å²) in [6, 6.07) is 16.2. The lowest BCUT2D eigenvalue weighted by molar-refractivity contribution is 0.305. The molecule has 2 nitrogen and oxygen atoms in total. The topological polar surface area (TPSA) is 29.5 Å². The van der Waals surface area contributed by atoms with Gasteiger partial charge >= 0.3 is 0 Å². The minimum atomic E-state index is 0.107. The highest BCUT2D eigenvalue weighted by Crippen LogP contribution is 2.15.